The smallest absolute Gasteiger partial charge is 0.191 e. The van der Waals surface area contributed by atoms with Crippen LogP contribution in [0.3, 0.4) is 0 Å². The molecule has 0 saturated heterocycles. The van der Waals surface area contributed by atoms with Crippen molar-refractivity contribution in [1.82, 2.24) is 10.6 Å². The number of hydrogen-bond acceptors (Lipinski definition) is 3. The molecule has 1 aromatic rings. The first-order valence-corrected chi connectivity index (χ1v) is 8.52. The Morgan fingerprint density at radius 1 is 1.40 bits per heavy atom. The molecule has 0 spiro atoms. The van der Waals surface area contributed by atoms with E-state index in [1.54, 1.807) is 20.2 Å². The molecular weight excluding hydrogens is 436 g/mol. The van der Waals surface area contributed by atoms with Crippen LogP contribution in [-0.4, -0.2) is 39.9 Å². The Morgan fingerprint density at radius 3 is 2.76 bits per heavy atom. The summed E-state index contributed by atoms with van der Waals surface area (Å²) in [6.07, 6.45) is 3.28. The number of nitrogens with zero attached hydrogens (tertiary/aromatic N) is 1. The van der Waals surface area contributed by atoms with Crippen LogP contribution in [-0.2, 0) is 4.74 Å². The zero-order chi connectivity index (χ0) is 17.4. The lowest BCUT2D eigenvalue weighted by Gasteiger charge is -2.19. The number of hydrogen-bond donors (Lipinski definition) is 2. The third kappa shape index (κ3) is 7.77. The van der Waals surface area contributed by atoms with Crippen LogP contribution < -0.4 is 15.4 Å². The Hall–Kier alpha value is -1.09. The number of methoxy groups -OCH3 is 1. The van der Waals surface area contributed by atoms with Crippen molar-refractivity contribution in [1.29, 1.82) is 0 Å². The minimum atomic E-state index is -0.315. The molecule has 1 aliphatic carbocycles. The molecule has 1 fully saturated rings. The summed E-state index contributed by atoms with van der Waals surface area (Å²) in [7, 11) is 3.40. The standard InChI is InChI=1S/C18H28FN3O2.HI/c1-13(22-18(20-2)21-9-4-10-23-3)15-7-8-17(16(19)11-15)24-12-14-5-6-14;/h7-8,11,13-14H,4-6,9-10,12H2,1-3H3,(H2,20,21,22);1H. The zero-order valence-corrected chi connectivity index (χ0v) is 17.5. The van der Waals surface area contributed by atoms with E-state index >= 15 is 0 Å². The minimum absolute atomic E-state index is 0. The molecule has 0 radical (unpaired) electrons. The summed E-state index contributed by atoms with van der Waals surface area (Å²) in [6, 6.07) is 5.06. The molecule has 142 valence electrons. The van der Waals surface area contributed by atoms with Crippen molar-refractivity contribution in [2.75, 3.05) is 33.9 Å². The van der Waals surface area contributed by atoms with Crippen molar-refractivity contribution in [3.8, 4) is 5.75 Å². The summed E-state index contributed by atoms with van der Waals surface area (Å²) in [5, 5.41) is 6.47. The summed E-state index contributed by atoms with van der Waals surface area (Å²) in [5.41, 5.74) is 0.853. The molecule has 25 heavy (non-hydrogen) atoms. The number of halogens is 2. The Balaban J connectivity index is 0.00000312. The molecule has 0 aromatic heterocycles. The van der Waals surface area contributed by atoms with Crippen LogP contribution in [0.15, 0.2) is 23.2 Å². The lowest BCUT2D eigenvalue weighted by atomic mass is 10.1. The topological polar surface area (TPSA) is 54.9 Å². The quantitative estimate of drug-likeness (QED) is 0.254. The summed E-state index contributed by atoms with van der Waals surface area (Å²) in [6.45, 7) is 4.05. The molecule has 0 amide bonds. The van der Waals surface area contributed by atoms with Crippen LogP contribution in [0.4, 0.5) is 4.39 Å². The highest BCUT2D eigenvalue weighted by molar-refractivity contribution is 14.0. The highest BCUT2D eigenvalue weighted by Crippen LogP contribution is 2.30. The zero-order valence-electron chi connectivity index (χ0n) is 15.2. The van der Waals surface area contributed by atoms with Gasteiger partial charge in [0.2, 0.25) is 0 Å². The van der Waals surface area contributed by atoms with E-state index in [1.807, 2.05) is 13.0 Å². The van der Waals surface area contributed by atoms with E-state index in [-0.39, 0.29) is 35.8 Å². The lowest BCUT2D eigenvalue weighted by molar-refractivity contribution is 0.195. The maximum absolute atomic E-state index is 14.2. The predicted molar refractivity (Wildman–Crippen MR) is 109 cm³/mol. The molecule has 2 N–H and O–H groups in total. The van der Waals surface area contributed by atoms with Gasteiger partial charge >= 0.3 is 0 Å². The van der Waals surface area contributed by atoms with E-state index in [0.717, 1.165) is 18.5 Å². The van der Waals surface area contributed by atoms with Crippen LogP contribution in [0, 0.1) is 11.7 Å². The van der Waals surface area contributed by atoms with Crippen molar-refractivity contribution < 1.29 is 13.9 Å². The normalized spacial score (nSPS) is 15.3. The van der Waals surface area contributed by atoms with Crippen LogP contribution in [0.1, 0.15) is 37.8 Å². The van der Waals surface area contributed by atoms with Crippen molar-refractivity contribution in [2.45, 2.75) is 32.2 Å². The first kappa shape index (κ1) is 22.0. The molecule has 0 heterocycles. The molecule has 1 unspecified atom stereocenters. The van der Waals surface area contributed by atoms with Crippen LogP contribution in [0.2, 0.25) is 0 Å². The van der Waals surface area contributed by atoms with Crippen molar-refractivity contribution in [3.05, 3.63) is 29.6 Å². The molecule has 0 bridgehead atoms. The van der Waals surface area contributed by atoms with Crippen molar-refractivity contribution >= 4 is 29.9 Å². The van der Waals surface area contributed by atoms with Gasteiger partial charge < -0.3 is 20.1 Å². The predicted octanol–water partition coefficient (Wildman–Crippen LogP) is 3.50. The van der Waals surface area contributed by atoms with E-state index < -0.39 is 0 Å². The van der Waals surface area contributed by atoms with Gasteiger partial charge in [0.15, 0.2) is 17.5 Å². The fourth-order valence-electron chi connectivity index (χ4n) is 2.30. The maximum Gasteiger partial charge on any atom is 0.191 e. The molecule has 1 aromatic carbocycles. The fraction of sp³-hybridized carbons (Fsp3) is 0.611. The molecule has 7 heteroatoms. The second-order valence-electron chi connectivity index (χ2n) is 6.16. The van der Waals surface area contributed by atoms with Gasteiger partial charge in [0.1, 0.15) is 0 Å². The number of guanidine groups is 1. The number of aliphatic imine (C=N–C) groups is 1. The highest BCUT2D eigenvalue weighted by Gasteiger charge is 2.22. The van der Waals surface area contributed by atoms with Gasteiger partial charge in [-0.1, -0.05) is 6.07 Å². The molecule has 1 saturated carbocycles. The number of nitrogens with one attached hydrogen (secondary N) is 2. The SMILES string of the molecule is CN=C(NCCCOC)NC(C)c1ccc(OCC2CC2)c(F)c1.I. The van der Waals surface area contributed by atoms with E-state index in [4.69, 9.17) is 9.47 Å². The van der Waals surface area contributed by atoms with Gasteiger partial charge in [-0.05, 0) is 49.8 Å². The van der Waals surface area contributed by atoms with E-state index in [1.165, 1.54) is 18.9 Å². The van der Waals surface area contributed by atoms with Gasteiger partial charge in [-0.2, -0.15) is 0 Å². The summed E-state index contributed by atoms with van der Waals surface area (Å²) in [5.74, 6) is 1.31. The minimum Gasteiger partial charge on any atom is -0.490 e. The molecule has 5 nitrogen and oxygen atoms in total. The Bertz CT molecular complexity index is 553. The second kappa shape index (κ2) is 11.5. The molecular formula is C18H29FIN3O2. The second-order valence-corrected chi connectivity index (χ2v) is 6.16. The average molecular weight is 465 g/mol. The Morgan fingerprint density at radius 2 is 2.16 bits per heavy atom. The van der Waals surface area contributed by atoms with Gasteiger partial charge in [0.05, 0.1) is 12.6 Å². The molecule has 1 atom stereocenters. The number of benzene rings is 1. The van der Waals surface area contributed by atoms with E-state index in [0.29, 0.717) is 30.8 Å². The fourth-order valence-corrected chi connectivity index (χ4v) is 2.30. The molecule has 2 rings (SSSR count). The summed E-state index contributed by atoms with van der Waals surface area (Å²) < 4.78 is 24.7. The third-order valence-corrected chi connectivity index (χ3v) is 4.02. The van der Waals surface area contributed by atoms with Crippen LogP contribution in [0.5, 0.6) is 5.75 Å². The van der Waals surface area contributed by atoms with Crippen molar-refractivity contribution in [2.24, 2.45) is 10.9 Å². The number of rotatable bonds is 9. The van der Waals surface area contributed by atoms with Crippen LogP contribution >= 0.6 is 24.0 Å². The molecule has 1 aliphatic rings. The first-order chi connectivity index (χ1) is 11.6. The summed E-state index contributed by atoms with van der Waals surface area (Å²) >= 11 is 0. The summed E-state index contributed by atoms with van der Waals surface area (Å²) in [4.78, 5) is 4.18. The van der Waals surface area contributed by atoms with Crippen LogP contribution in [0.25, 0.3) is 0 Å². The maximum atomic E-state index is 14.2. The Labute approximate surface area is 166 Å². The van der Waals surface area contributed by atoms with Crippen molar-refractivity contribution in [3.63, 3.8) is 0 Å². The lowest BCUT2D eigenvalue weighted by Crippen LogP contribution is -2.39. The Kier molecular flexibility index (Phi) is 10.1. The van der Waals surface area contributed by atoms with Gasteiger partial charge in [-0.25, -0.2) is 4.39 Å². The monoisotopic (exact) mass is 465 g/mol. The largest absolute Gasteiger partial charge is 0.490 e. The third-order valence-electron chi connectivity index (χ3n) is 4.02. The van der Waals surface area contributed by atoms with Gasteiger partial charge in [-0.3, -0.25) is 4.99 Å². The van der Waals surface area contributed by atoms with Gasteiger partial charge in [0.25, 0.3) is 0 Å². The first-order valence-electron chi connectivity index (χ1n) is 8.52. The van der Waals surface area contributed by atoms with Gasteiger partial charge in [0, 0.05) is 27.3 Å². The molecule has 0 aliphatic heterocycles. The number of ether oxygens (including phenoxy) is 2. The van der Waals surface area contributed by atoms with E-state index in [2.05, 4.69) is 15.6 Å². The van der Waals surface area contributed by atoms with E-state index in [9.17, 15) is 4.39 Å². The average Bonchev–Trinajstić information content (AvgIpc) is 3.40. The highest BCUT2D eigenvalue weighted by atomic mass is 127. The van der Waals surface area contributed by atoms with Gasteiger partial charge in [-0.15, -0.1) is 24.0 Å².